The van der Waals surface area contributed by atoms with Crippen LogP contribution in [0.5, 0.6) is 17.2 Å². The monoisotopic (exact) mass is 745 g/mol. The van der Waals surface area contributed by atoms with Gasteiger partial charge in [-0.3, -0.25) is 4.79 Å². The van der Waals surface area contributed by atoms with Crippen molar-refractivity contribution >= 4 is 56.8 Å². The Hall–Kier alpha value is -4.45. The standard InChI is InChI=1S/C36H33BrClN5O4S/c1-4-46-31-19-24(16-17-30(31)47-20-23-10-9-12-26(37)18-23)33-32(34(44)40-28-14-7-8-15-29(28)45-3)22(2)39-35-41-36(42-43(33)35)48-21-25-11-5-6-13-27(25)38/h5-19,33H,4,20-21H2,1-3H3,(H,40,44)(H,39,41,42). The van der Waals surface area contributed by atoms with Crippen LogP contribution in [0.15, 0.2) is 112 Å². The number of nitrogens with zero attached hydrogens (tertiary/aromatic N) is 3. The number of para-hydroxylation sites is 2. The number of amides is 1. The molecule has 1 unspecified atom stereocenters. The second-order valence-electron chi connectivity index (χ2n) is 10.8. The van der Waals surface area contributed by atoms with E-state index >= 15 is 0 Å². The van der Waals surface area contributed by atoms with Crippen molar-refractivity contribution in [2.45, 2.75) is 37.4 Å². The molecular weight excluding hydrogens is 714 g/mol. The van der Waals surface area contributed by atoms with Gasteiger partial charge in [-0.25, -0.2) is 4.68 Å². The maximum Gasteiger partial charge on any atom is 0.255 e. The van der Waals surface area contributed by atoms with Crippen molar-refractivity contribution in [2.24, 2.45) is 0 Å². The fourth-order valence-electron chi connectivity index (χ4n) is 5.36. The number of methoxy groups -OCH3 is 1. The number of aromatic nitrogens is 3. The van der Waals surface area contributed by atoms with Gasteiger partial charge in [0.25, 0.3) is 5.91 Å². The lowest BCUT2D eigenvalue weighted by molar-refractivity contribution is -0.113. The molecule has 1 aromatic heterocycles. The molecule has 1 atom stereocenters. The number of nitrogens with one attached hydrogen (secondary N) is 2. The summed E-state index contributed by atoms with van der Waals surface area (Å²) in [5, 5.41) is 12.5. The van der Waals surface area contributed by atoms with E-state index < -0.39 is 6.04 Å². The Morgan fingerprint density at radius 2 is 1.81 bits per heavy atom. The third-order valence-electron chi connectivity index (χ3n) is 7.61. The molecule has 2 heterocycles. The number of halogens is 2. The van der Waals surface area contributed by atoms with Gasteiger partial charge >= 0.3 is 0 Å². The second-order valence-corrected chi connectivity index (χ2v) is 13.1. The highest BCUT2D eigenvalue weighted by atomic mass is 79.9. The molecule has 48 heavy (non-hydrogen) atoms. The Morgan fingerprint density at radius 3 is 2.60 bits per heavy atom. The highest BCUT2D eigenvalue weighted by Gasteiger charge is 2.35. The number of ether oxygens (including phenoxy) is 3. The Labute approximate surface area is 296 Å². The topological polar surface area (TPSA) is 99.5 Å². The van der Waals surface area contributed by atoms with Gasteiger partial charge in [0, 0.05) is 20.9 Å². The molecule has 0 saturated heterocycles. The molecule has 6 rings (SSSR count). The molecule has 246 valence electrons. The fourth-order valence-corrected chi connectivity index (χ4v) is 6.92. The molecule has 0 fully saturated rings. The van der Waals surface area contributed by atoms with E-state index in [1.807, 2.05) is 92.7 Å². The highest BCUT2D eigenvalue weighted by molar-refractivity contribution is 9.10. The van der Waals surface area contributed by atoms with Crippen LogP contribution in [0.3, 0.4) is 0 Å². The lowest BCUT2D eigenvalue weighted by Gasteiger charge is -2.29. The Bertz CT molecular complexity index is 1980. The summed E-state index contributed by atoms with van der Waals surface area (Å²) in [6.07, 6.45) is 0. The number of hydrogen-bond donors (Lipinski definition) is 2. The van der Waals surface area contributed by atoms with Crippen LogP contribution in [0.4, 0.5) is 11.6 Å². The van der Waals surface area contributed by atoms with Crippen molar-refractivity contribution in [1.82, 2.24) is 14.8 Å². The van der Waals surface area contributed by atoms with Crippen molar-refractivity contribution in [3.63, 3.8) is 0 Å². The number of rotatable bonds is 12. The van der Waals surface area contributed by atoms with Crippen molar-refractivity contribution in [3.05, 3.63) is 128 Å². The van der Waals surface area contributed by atoms with Crippen LogP contribution in [-0.4, -0.2) is 34.4 Å². The van der Waals surface area contributed by atoms with Gasteiger partial charge in [0.05, 0.1) is 25.0 Å². The molecular formula is C36H33BrClN5O4S. The first-order valence-electron chi connectivity index (χ1n) is 15.2. The van der Waals surface area contributed by atoms with Crippen molar-refractivity contribution in [3.8, 4) is 17.2 Å². The third kappa shape index (κ3) is 7.48. The fraction of sp³-hybridized carbons (Fsp3) is 0.194. The Balaban J connectivity index is 1.37. The van der Waals surface area contributed by atoms with E-state index in [-0.39, 0.29) is 5.91 Å². The van der Waals surface area contributed by atoms with Gasteiger partial charge < -0.3 is 24.8 Å². The van der Waals surface area contributed by atoms with E-state index in [0.717, 1.165) is 21.2 Å². The normalized spacial score (nSPS) is 13.8. The van der Waals surface area contributed by atoms with Crippen LogP contribution in [0.1, 0.15) is 36.6 Å². The zero-order valence-corrected chi connectivity index (χ0v) is 29.7. The quantitative estimate of drug-likeness (QED) is 0.122. The van der Waals surface area contributed by atoms with E-state index in [1.54, 1.807) is 23.9 Å². The summed E-state index contributed by atoms with van der Waals surface area (Å²) in [5.41, 5.74) is 4.42. The number of carbonyl (C=O) groups is 1. The summed E-state index contributed by atoms with van der Waals surface area (Å²) >= 11 is 11.4. The van der Waals surface area contributed by atoms with Crippen LogP contribution >= 0.6 is 39.3 Å². The minimum Gasteiger partial charge on any atom is -0.495 e. The number of carbonyl (C=O) groups excluding carboxylic acids is 1. The van der Waals surface area contributed by atoms with Crippen LogP contribution in [0, 0.1) is 0 Å². The minimum atomic E-state index is -0.642. The average Bonchev–Trinajstić information content (AvgIpc) is 3.49. The lowest BCUT2D eigenvalue weighted by Crippen LogP contribution is -2.31. The largest absolute Gasteiger partial charge is 0.495 e. The molecule has 0 radical (unpaired) electrons. The van der Waals surface area contributed by atoms with Gasteiger partial charge in [0.15, 0.2) is 11.5 Å². The summed E-state index contributed by atoms with van der Waals surface area (Å²) < 4.78 is 20.5. The van der Waals surface area contributed by atoms with Crippen LogP contribution in [-0.2, 0) is 17.2 Å². The predicted octanol–water partition coefficient (Wildman–Crippen LogP) is 8.90. The zero-order chi connectivity index (χ0) is 33.6. The molecule has 1 amide bonds. The first kappa shape index (κ1) is 33.5. The second kappa shape index (κ2) is 15.2. The summed E-state index contributed by atoms with van der Waals surface area (Å²) in [7, 11) is 1.57. The summed E-state index contributed by atoms with van der Waals surface area (Å²) in [4.78, 5) is 18.9. The van der Waals surface area contributed by atoms with Crippen LogP contribution < -0.4 is 24.8 Å². The molecule has 0 spiro atoms. The molecule has 1 aliphatic heterocycles. The third-order valence-corrected chi connectivity index (χ3v) is 9.36. The summed E-state index contributed by atoms with van der Waals surface area (Å²) in [6.45, 7) is 4.56. The zero-order valence-electron chi connectivity index (χ0n) is 26.5. The molecule has 2 N–H and O–H groups in total. The molecule has 9 nitrogen and oxygen atoms in total. The first-order chi connectivity index (χ1) is 23.3. The number of benzene rings is 4. The molecule has 1 aliphatic rings. The first-order valence-corrected chi connectivity index (χ1v) is 17.4. The number of thioether (sulfide) groups is 1. The van der Waals surface area contributed by atoms with Gasteiger partial charge in [-0.2, -0.15) is 4.98 Å². The predicted molar refractivity (Wildman–Crippen MR) is 193 cm³/mol. The molecule has 0 bridgehead atoms. The van der Waals surface area contributed by atoms with Crippen molar-refractivity contribution in [2.75, 3.05) is 24.4 Å². The van der Waals surface area contributed by atoms with Crippen molar-refractivity contribution in [1.29, 1.82) is 0 Å². The van der Waals surface area contributed by atoms with E-state index in [1.165, 1.54) is 11.8 Å². The van der Waals surface area contributed by atoms with Gasteiger partial charge in [-0.15, -0.1) is 5.10 Å². The van der Waals surface area contributed by atoms with E-state index in [4.69, 9.17) is 35.9 Å². The summed E-state index contributed by atoms with van der Waals surface area (Å²) in [6, 6.07) is 28.0. The maximum atomic E-state index is 14.2. The van der Waals surface area contributed by atoms with E-state index in [9.17, 15) is 4.79 Å². The molecule has 5 aromatic rings. The SMILES string of the molecule is CCOc1cc(C2C(C(=O)Nc3ccccc3OC)=C(C)Nc3nc(SCc4ccccc4Cl)nn32)ccc1OCc1cccc(Br)c1. The Kier molecular flexibility index (Phi) is 10.6. The Morgan fingerprint density at radius 1 is 1.00 bits per heavy atom. The average molecular weight is 747 g/mol. The van der Waals surface area contributed by atoms with Gasteiger partial charge in [-0.1, -0.05) is 87.8 Å². The van der Waals surface area contributed by atoms with Gasteiger partial charge in [0.1, 0.15) is 18.4 Å². The van der Waals surface area contributed by atoms with Gasteiger partial charge in [0.2, 0.25) is 11.1 Å². The lowest BCUT2D eigenvalue weighted by atomic mass is 9.94. The highest BCUT2D eigenvalue weighted by Crippen LogP contribution is 2.41. The van der Waals surface area contributed by atoms with Gasteiger partial charge in [-0.05, 0) is 73.0 Å². The van der Waals surface area contributed by atoms with Crippen molar-refractivity contribution < 1.29 is 19.0 Å². The van der Waals surface area contributed by atoms with Crippen LogP contribution in [0.2, 0.25) is 5.02 Å². The minimum absolute atomic E-state index is 0.311. The summed E-state index contributed by atoms with van der Waals surface area (Å²) in [5.74, 6) is 2.48. The smallest absolute Gasteiger partial charge is 0.255 e. The number of hydrogen-bond acceptors (Lipinski definition) is 8. The molecule has 0 aliphatic carbocycles. The van der Waals surface area contributed by atoms with E-state index in [0.29, 0.717) is 69.3 Å². The number of fused-ring (bicyclic) bond motifs is 1. The number of anilines is 2. The van der Waals surface area contributed by atoms with Crippen LogP contribution in [0.25, 0.3) is 0 Å². The molecule has 12 heteroatoms. The maximum absolute atomic E-state index is 14.2. The van der Waals surface area contributed by atoms with E-state index in [2.05, 4.69) is 26.6 Å². The molecule has 4 aromatic carbocycles. The molecule has 0 saturated carbocycles. The number of allylic oxidation sites excluding steroid dienone is 1.